The first-order chi connectivity index (χ1) is 8.13. The fraction of sp³-hybridized carbons (Fsp3) is 0.583. The van der Waals surface area contributed by atoms with E-state index in [4.69, 9.17) is 18.0 Å². The molecule has 3 N–H and O–H groups in total. The molecule has 0 saturated carbocycles. The van der Waals surface area contributed by atoms with E-state index in [1.54, 1.807) is 13.8 Å². The van der Waals surface area contributed by atoms with Crippen molar-refractivity contribution in [3.05, 3.63) is 16.8 Å². The molecule has 0 bridgehead atoms. The molecule has 0 saturated heterocycles. The van der Waals surface area contributed by atoms with Crippen molar-refractivity contribution in [1.82, 2.24) is 10.2 Å². The van der Waals surface area contributed by atoms with Gasteiger partial charge < -0.3 is 15.7 Å². The summed E-state index contributed by atoms with van der Waals surface area (Å²) in [6.07, 6.45) is 0. The van der Waals surface area contributed by atoms with Crippen LogP contribution in [-0.4, -0.2) is 39.5 Å². The van der Waals surface area contributed by atoms with Crippen molar-refractivity contribution in [2.45, 2.75) is 33.3 Å². The zero-order valence-electron chi connectivity index (χ0n) is 11.5. The number of aryl methyl sites for hydroxylation is 1. The van der Waals surface area contributed by atoms with E-state index in [0.717, 1.165) is 16.8 Å². The summed E-state index contributed by atoms with van der Waals surface area (Å²) in [5.41, 5.74) is 7.39. The topological polar surface area (TPSA) is 75.3 Å². The molecule has 0 radical (unpaired) electrons. The number of anilines is 1. The van der Waals surface area contributed by atoms with E-state index in [-0.39, 0.29) is 0 Å². The van der Waals surface area contributed by atoms with Crippen LogP contribution in [0.2, 0.25) is 0 Å². The normalized spacial score (nSPS) is 11.4. The maximum Gasteiger partial charge on any atom is 0.161 e. The molecule has 0 aliphatic carbocycles. The summed E-state index contributed by atoms with van der Waals surface area (Å²) in [6, 6.07) is 0. The Kier molecular flexibility index (Phi) is 4.24. The lowest BCUT2D eigenvalue weighted by molar-refractivity contribution is 0.0884. The first-order valence-corrected chi connectivity index (χ1v) is 6.11. The average Bonchev–Trinajstić information content (AvgIpc) is 2.18. The highest BCUT2D eigenvalue weighted by molar-refractivity contribution is 7.80. The molecule has 0 atom stereocenters. The zero-order valence-corrected chi connectivity index (χ0v) is 12.3. The third-order valence-corrected chi connectivity index (χ3v) is 2.87. The largest absolute Gasteiger partial charge is 0.389 e. The smallest absolute Gasteiger partial charge is 0.161 e. The van der Waals surface area contributed by atoms with Crippen LogP contribution in [0.3, 0.4) is 0 Å². The molecule has 0 unspecified atom stereocenters. The van der Waals surface area contributed by atoms with Crippen molar-refractivity contribution in [2.24, 2.45) is 5.73 Å². The number of hydrogen-bond acceptors (Lipinski definition) is 5. The van der Waals surface area contributed by atoms with Gasteiger partial charge in [-0.1, -0.05) is 12.2 Å². The van der Waals surface area contributed by atoms with Crippen molar-refractivity contribution >= 4 is 23.0 Å². The van der Waals surface area contributed by atoms with Gasteiger partial charge in [0, 0.05) is 13.6 Å². The number of aromatic nitrogens is 2. The van der Waals surface area contributed by atoms with E-state index >= 15 is 0 Å². The molecule has 0 spiro atoms. The van der Waals surface area contributed by atoms with Crippen LogP contribution in [0, 0.1) is 13.8 Å². The van der Waals surface area contributed by atoms with Crippen LogP contribution in [0.1, 0.15) is 30.7 Å². The van der Waals surface area contributed by atoms with Crippen molar-refractivity contribution in [2.75, 3.05) is 18.5 Å². The summed E-state index contributed by atoms with van der Waals surface area (Å²) in [4.78, 5) is 2.11. The van der Waals surface area contributed by atoms with Crippen LogP contribution in [-0.2, 0) is 0 Å². The predicted octanol–water partition coefficient (Wildman–Crippen LogP) is 0.935. The maximum absolute atomic E-state index is 9.85. The Morgan fingerprint density at radius 2 is 1.94 bits per heavy atom. The van der Waals surface area contributed by atoms with E-state index in [9.17, 15) is 5.11 Å². The number of nitrogens with two attached hydrogens (primary N) is 1. The summed E-state index contributed by atoms with van der Waals surface area (Å²) in [5, 5.41) is 18.1. The molecule has 6 heteroatoms. The average molecular weight is 268 g/mol. The second-order valence-electron chi connectivity index (χ2n) is 5.14. The van der Waals surface area contributed by atoms with Gasteiger partial charge in [-0.2, -0.15) is 5.10 Å². The minimum absolute atomic E-state index is 0.295. The Hall–Kier alpha value is -1.27. The third-order valence-electron chi connectivity index (χ3n) is 2.67. The lowest BCUT2D eigenvalue weighted by Gasteiger charge is -2.28. The number of aliphatic hydroxyl groups is 1. The van der Waals surface area contributed by atoms with Crippen LogP contribution in [0.4, 0.5) is 5.82 Å². The van der Waals surface area contributed by atoms with Gasteiger partial charge in [0.1, 0.15) is 4.99 Å². The molecule has 0 aromatic carbocycles. The van der Waals surface area contributed by atoms with Crippen molar-refractivity contribution in [3.63, 3.8) is 0 Å². The predicted molar refractivity (Wildman–Crippen MR) is 77.0 cm³/mol. The Balaban J connectivity index is 3.24. The molecule has 1 aromatic heterocycles. The van der Waals surface area contributed by atoms with Gasteiger partial charge in [0.05, 0.1) is 16.9 Å². The fourth-order valence-electron chi connectivity index (χ4n) is 1.81. The minimum atomic E-state index is -0.831. The molecule has 18 heavy (non-hydrogen) atoms. The summed E-state index contributed by atoms with van der Waals surface area (Å²) in [5.74, 6) is 0.604. The van der Waals surface area contributed by atoms with Crippen molar-refractivity contribution in [3.8, 4) is 0 Å². The minimum Gasteiger partial charge on any atom is -0.389 e. The highest BCUT2D eigenvalue weighted by atomic mass is 32.1. The quantitative estimate of drug-likeness (QED) is 0.791. The van der Waals surface area contributed by atoms with Crippen molar-refractivity contribution < 1.29 is 5.11 Å². The van der Waals surface area contributed by atoms with Crippen LogP contribution >= 0.6 is 12.2 Å². The van der Waals surface area contributed by atoms with E-state index in [2.05, 4.69) is 10.2 Å². The molecule has 0 amide bonds. The van der Waals surface area contributed by atoms with E-state index < -0.39 is 5.60 Å². The molecule has 0 aliphatic rings. The second kappa shape index (κ2) is 5.16. The first kappa shape index (κ1) is 14.8. The van der Waals surface area contributed by atoms with Gasteiger partial charge in [-0.3, -0.25) is 0 Å². The van der Waals surface area contributed by atoms with Crippen LogP contribution < -0.4 is 10.6 Å². The number of hydrogen-bond donors (Lipinski definition) is 2. The highest BCUT2D eigenvalue weighted by Gasteiger charge is 2.21. The number of thiocarbonyl (C=S) groups is 1. The summed E-state index contributed by atoms with van der Waals surface area (Å²) >= 11 is 5.08. The standard InChI is InChI=1S/C12H20N4OS/c1-7-8(2)14-15-11(9(7)10(13)18)16(5)6-12(3,4)17/h17H,6H2,1-5H3,(H2,13,18). The molecule has 100 valence electrons. The zero-order chi connectivity index (χ0) is 14.1. The molecular formula is C12H20N4OS. The number of rotatable bonds is 4. The fourth-order valence-corrected chi connectivity index (χ4v) is 2.06. The van der Waals surface area contributed by atoms with Gasteiger partial charge >= 0.3 is 0 Å². The Labute approximate surface area is 113 Å². The monoisotopic (exact) mass is 268 g/mol. The third kappa shape index (κ3) is 3.36. The Morgan fingerprint density at radius 1 is 1.39 bits per heavy atom. The van der Waals surface area contributed by atoms with Gasteiger partial charge in [-0.05, 0) is 33.3 Å². The summed E-state index contributed by atoms with van der Waals surface area (Å²) in [7, 11) is 1.83. The lowest BCUT2D eigenvalue weighted by atomic mass is 10.1. The summed E-state index contributed by atoms with van der Waals surface area (Å²) < 4.78 is 0. The number of nitrogens with zero attached hydrogens (tertiary/aromatic N) is 3. The van der Waals surface area contributed by atoms with E-state index in [1.165, 1.54) is 0 Å². The molecule has 1 heterocycles. The van der Waals surface area contributed by atoms with Crippen LogP contribution in [0.25, 0.3) is 0 Å². The van der Waals surface area contributed by atoms with Gasteiger partial charge in [0.15, 0.2) is 5.82 Å². The molecular weight excluding hydrogens is 248 g/mol. The molecule has 1 rings (SSSR count). The second-order valence-corrected chi connectivity index (χ2v) is 5.58. The van der Waals surface area contributed by atoms with Crippen molar-refractivity contribution in [1.29, 1.82) is 0 Å². The molecule has 0 aliphatic heterocycles. The Morgan fingerprint density at radius 3 is 2.39 bits per heavy atom. The van der Waals surface area contributed by atoms with Gasteiger partial charge in [-0.25, -0.2) is 0 Å². The molecule has 0 fully saturated rings. The van der Waals surface area contributed by atoms with Crippen LogP contribution in [0.5, 0.6) is 0 Å². The van der Waals surface area contributed by atoms with Gasteiger partial charge in [0.25, 0.3) is 0 Å². The van der Waals surface area contributed by atoms with Gasteiger partial charge in [0.2, 0.25) is 0 Å². The van der Waals surface area contributed by atoms with Gasteiger partial charge in [-0.15, -0.1) is 5.10 Å². The summed E-state index contributed by atoms with van der Waals surface area (Å²) in [6.45, 7) is 7.67. The van der Waals surface area contributed by atoms with E-state index in [0.29, 0.717) is 17.4 Å². The maximum atomic E-state index is 9.85. The molecule has 5 nitrogen and oxygen atoms in total. The Bertz CT molecular complexity index is 468. The lowest BCUT2D eigenvalue weighted by Crippen LogP contribution is -2.38. The SMILES string of the molecule is Cc1nnc(N(C)CC(C)(C)O)c(C(N)=S)c1C. The molecule has 1 aromatic rings. The number of likely N-dealkylation sites (N-methyl/N-ethyl adjacent to an activating group) is 1. The van der Waals surface area contributed by atoms with Crippen LogP contribution in [0.15, 0.2) is 0 Å². The van der Waals surface area contributed by atoms with E-state index in [1.807, 2.05) is 25.8 Å². The first-order valence-electron chi connectivity index (χ1n) is 5.70. The highest BCUT2D eigenvalue weighted by Crippen LogP contribution is 2.22.